The van der Waals surface area contributed by atoms with Crippen LogP contribution in [0, 0.1) is 11.6 Å². The minimum Gasteiger partial charge on any atom is -0.491 e. The number of H-pyrrole nitrogens is 1. The van der Waals surface area contributed by atoms with Crippen molar-refractivity contribution in [3.05, 3.63) is 45.4 Å². The van der Waals surface area contributed by atoms with Crippen LogP contribution >= 0.6 is 0 Å². The van der Waals surface area contributed by atoms with Crippen molar-refractivity contribution in [1.82, 2.24) is 9.97 Å². The van der Waals surface area contributed by atoms with Crippen LogP contribution in [0.2, 0.25) is 0 Å². The van der Waals surface area contributed by atoms with Crippen LogP contribution in [0.25, 0.3) is 0 Å². The Morgan fingerprint density at radius 3 is 2.55 bits per heavy atom. The van der Waals surface area contributed by atoms with E-state index in [0.29, 0.717) is 50.7 Å². The fourth-order valence-corrected chi connectivity index (χ4v) is 3.69. The van der Waals surface area contributed by atoms with Gasteiger partial charge >= 0.3 is 0 Å². The number of hydrogen-bond acceptors (Lipinski definition) is 8. The summed E-state index contributed by atoms with van der Waals surface area (Å²) in [5.41, 5.74) is 0.901. The molecule has 0 bridgehead atoms. The number of fused-ring (bicyclic) bond motifs is 1. The molecule has 0 saturated carbocycles. The van der Waals surface area contributed by atoms with Crippen LogP contribution in [-0.2, 0) is 17.8 Å². The molecule has 9 nitrogen and oxygen atoms in total. The van der Waals surface area contributed by atoms with E-state index in [4.69, 9.17) is 14.6 Å². The van der Waals surface area contributed by atoms with Crippen LogP contribution in [0.15, 0.2) is 16.9 Å². The van der Waals surface area contributed by atoms with Gasteiger partial charge in [-0.2, -0.15) is 0 Å². The molecule has 3 N–H and O–H groups in total. The molecule has 1 aromatic heterocycles. The highest BCUT2D eigenvalue weighted by atomic mass is 19.1. The average Bonchev–Trinajstić information content (AvgIpc) is 2.77. The van der Waals surface area contributed by atoms with E-state index in [1.807, 2.05) is 4.90 Å². The molecule has 1 aromatic carbocycles. The van der Waals surface area contributed by atoms with Crippen LogP contribution in [0.3, 0.4) is 0 Å². The highest BCUT2D eigenvalue weighted by molar-refractivity contribution is 5.53. The summed E-state index contributed by atoms with van der Waals surface area (Å²) in [6, 6.07) is 2.11. The van der Waals surface area contributed by atoms with E-state index in [0.717, 1.165) is 17.8 Å². The minimum absolute atomic E-state index is 0.0651. The zero-order chi connectivity index (χ0) is 22.0. The first-order chi connectivity index (χ1) is 15.0. The topological polar surface area (TPSA) is 111 Å². The molecule has 4 rings (SSSR count). The molecule has 31 heavy (non-hydrogen) atoms. The maximum atomic E-state index is 14.6. The molecule has 2 aromatic rings. The summed E-state index contributed by atoms with van der Waals surface area (Å²) in [6.45, 7) is 1.52. The number of nitrogens with zero attached hydrogens (tertiary/aromatic N) is 3. The SMILES string of the molecule is O=c1[nH]c(N2CCN(c3c(F)cc(OCC(O)CO)cc3F)CC2)nc2c1COCC2. The number of aromatic amines is 1. The maximum absolute atomic E-state index is 14.6. The van der Waals surface area contributed by atoms with Crippen LogP contribution in [0.5, 0.6) is 5.75 Å². The first kappa shape index (κ1) is 21.5. The monoisotopic (exact) mass is 438 g/mol. The first-order valence-electron chi connectivity index (χ1n) is 10.1. The standard InChI is InChI=1S/C20H24F2N4O5/c21-15-7-13(31-10-12(28)9-27)8-16(22)18(15)25-2-4-26(5-3-25)20-23-17-1-6-30-11-14(17)19(29)24-20/h7-8,12,27-28H,1-6,9-11H2,(H,23,24,29). The van der Waals surface area contributed by atoms with Crippen molar-refractivity contribution in [2.45, 2.75) is 19.1 Å². The van der Waals surface area contributed by atoms with Crippen molar-refractivity contribution in [3.63, 3.8) is 0 Å². The molecule has 168 valence electrons. The van der Waals surface area contributed by atoms with E-state index in [1.54, 1.807) is 4.90 Å². The van der Waals surface area contributed by atoms with Crippen molar-refractivity contribution < 1.29 is 28.5 Å². The molecule has 1 atom stereocenters. The van der Waals surface area contributed by atoms with Crippen LogP contribution < -0.4 is 20.1 Å². The van der Waals surface area contributed by atoms with Gasteiger partial charge in [0, 0.05) is 44.7 Å². The molecule has 11 heteroatoms. The minimum atomic E-state index is -1.13. The lowest BCUT2D eigenvalue weighted by Crippen LogP contribution is -2.48. The number of nitrogens with one attached hydrogen (secondary N) is 1. The zero-order valence-electron chi connectivity index (χ0n) is 16.8. The van der Waals surface area contributed by atoms with E-state index in [1.165, 1.54) is 0 Å². The van der Waals surface area contributed by atoms with Crippen LogP contribution in [0.4, 0.5) is 20.4 Å². The van der Waals surface area contributed by atoms with Gasteiger partial charge in [0.15, 0.2) is 11.6 Å². The van der Waals surface area contributed by atoms with Crippen molar-refractivity contribution >= 4 is 11.6 Å². The second-order valence-electron chi connectivity index (χ2n) is 7.47. The summed E-state index contributed by atoms with van der Waals surface area (Å²) in [6.07, 6.45) is -0.554. The molecule has 2 aliphatic heterocycles. The Labute approximate surface area is 176 Å². The Morgan fingerprint density at radius 1 is 1.19 bits per heavy atom. The van der Waals surface area contributed by atoms with Gasteiger partial charge in [-0.25, -0.2) is 13.8 Å². The number of benzene rings is 1. The lowest BCUT2D eigenvalue weighted by atomic mass is 10.1. The van der Waals surface area contributed by atoms with Crippen LogP contribution in [-0.4, -0.2) is 72.3 Å². The van der Waals surface area contributed by atoms with Gasteiger partial charge in [0.1, 0.15) is 24.1 Å². The molecule has 1 unspecified atom stereocenters. The van der Waals surface area contributed by atoms with Gasteiger partial charge in [-0.15, -0.1) is 0 Å². The molecule has 0 amide bonds. The van der Waals surface area contributed by atoms with Gasteiger partial charge in [-0.1, -0.05) is 0 Å². The highest BCUT2D eigenvalue weighted by Crippen LogP contribution is 2.29. The Kier molecular flexibility index (Phi) is 6.35. The molecule has 2 aliphatic rings. The Morgan fingerprint density at radius 2 is 1.87 bits per heavy atom. The first-order valence-corrected chi connectivity index (χ1v) is 10.1. The smallest absolute Gasteiger partial charge is 0.258 e. The molecule has 0 radical (unpaired) electrons. The van der Waals surface area contributed by atoms with Gasteiger partial charge in [0.2, 0.25) is 5.95 Å². The van der Waals surface area contributed by atoms with E-state index in [9.17, 15) is 18.7 Å². The molecule has 0 spiro atoms. The van der Waals surface area contributed by atoms with E-state index < -0.39 is 24.3 Å². The number of aliphatic hydroxyl groups excluding tert-OH is 2. The van der Waals surface area contributed by atoms with Gasteiger partial charge in [0.25, 0.3) is 5.56 Å². The largest absolute Gasteiger partial charge is 0.491 e. The van der Waals surface area contributed by atoms with Crippen molar-refractivity contribution in [3.8, 4) is 5.75 Å². The fraction of sp³-hybridized carbons (Fsp3) is 0.500. The molecule has 0 aliphatic carbocycles. The van der Waals surface area contributed by atoms with Gasteiger partial charge in [0.05, 0.1) is 31.1 Å². The van der Waals surface area contributed by atoms with Crippen molar-refractivity contribution in [1.29, 1.82) is 0 Å². The second kappa shape index (κ2) is 9.16. The number of hydrogen-bond donors (Lipinski definition) is 3. The zero-order valence-corrected chi connectivity index (χ0v) is 16.8. The Bertz CT molecular complexity index is 971. The summed E-state index contributed by atoms with van der Waals surface area (Å²) < 4.78 is 39.6. The summed E-state index contributed by atoms with van der Waals surface area (Å²) in [5.74, 6) is -1.16. The van der Waals surface area contributed by atoms with E-state index in [2.05, 4.69) is 9.97 Å². The molecule has 1 saturated heterocycles. The van der Waals surface area contributed by atoms with Crippen molar-refractivity contribution in [2.24, 2.45) is 0 Å². The Hall–Kier alpha value is -2.76. The number of halogens is 2. The third-order valence-electron chi connectivity index (χ3n) is 5.36. The fourth-order valence-electron chi connectivity index (χ4n) is 3.69. The predicted octanol–water partition coefficient (Wildman–Crippen LogP) is 0.179. The lowest BCUT2D eigenvalue weighted by Gasteiger charge is -2.36. The van der Waals surface area contributed by atoms with E-state index in [-0.39, 0.29) is 30.2 Å². The van der Waals surface area contributed by atoms with Gasteiger partial charge in [-0.05, 0) is 0 Å². The average molecular weight is 438 g/mol. The summed E-state index contributed by atoms with van der Waals surface area (Å²) in [5, 5.41) is 18.1. The maximum Gasteiger partial charge on any atom is 0.258 e. The van der Waals surface area contributed by atoms with Gasteiger partial charge < -0.3 is 29.5 Å². The normalized spacial score (nSPS) is 17.4. The van der Waals surface area contributed by atoms with Crippen molar-refractivity contribution in [2.75, 3.05) is 55.8 Å². The number of anilines is 2. The molecule has 3 heterocycles. The second-order valence-corrected chi connectivity index (χ2v) is 7.47. The number of aromatic nitrogens is 2. The van der Waals surface area contributed by atoms with Gasteiger partial charge in [-0.3, -0.25) is 9.78 Å². The quantitative estimate of drug-likeness (QED) is 0.586. The number of ether oxygens (including phenoxy) is 2. The summed E-state index contributed by atoms with van der Waals surface area (Å²) in [7, 11) is 0. The summed E-state index contributed by atoms with van der Waals surface area (Å²) >= 11 is 0. The lowest BCUT2D eigenvalue weighted by molar-refractivity contribution is 0.0534. The predicted molar refractivity (Wildman–Crippen MR) is 108 cm³/mol. The highest BCUT2D eigenvalue weighted by Gasteiger charge is 2.26. The Balaban J connectivity index is 1.44. The molecular formula is C20H24F2N4O5. The van der Waals surface area contributed by atoms with E-state index >= 15 is 0 Å². The molecule has 1 fully saturated rings. The third kappa shape index (κ3) is 4.63. The summed E-state index contributed by atoms with van der Waals surface area (Å²) in [4.78, 5) is 23.1. The van der Waals surface area contributed by atoms with Crippen LogP contribution in [0.1, 0.15) is 11.3 Å². The number of rotatable bonds is 6. The molecular weight excluding hydrogens is 414 g/mol. The number of piperazine rings is 1. The number of aliphatic hydroxyl groups is 2. The third-order valence-corrected chi connectivity index (χ3v) is 5.36.